The summed E-state index contributed by atoms with van der Waals surface area (Å²) in [5.41, 5.74) is 8.88. The molecular weight excluding hydrogens is 318 g/mol. The minimum atomic E-state index is -0.385. The summed E-state index contributed by atoms with van der Waals surface area (Å²) in [4.78, 5) is 12.0. The van der Waals surface area contributed by atoms with Gasteiger partial charge in [-0.3, -0.25) is 0 Å². The second-order valence-corrected chi connectivity index (χ2v) is 5.34. The maximum absolute atomic E-state index is 12.0. The predicted molar refractivity (Wildman–Crippen MR) is 83.5 cm³/mol. The van der Waals surface area contributed by atoms with Crippen molar-refractivity contribution in [2.45, 2.75) is 20.0 Å². The second-order valence-electron chi connectivity index (χ2n) is 4.49. The van der Waals surface area contributed by atoms with Gasteiger partial charge in [-0.15, -0.1) is 0 Å². The number of hydrogen-bond acceptors (Lipinski definition) is 3. The van der Waals surface area contributed by atoms with Crippen LogP contribution in [0.15, 0.2) is 46.9 Å². The Labute approximate surface area is 126 Å². The van der Waals surface area contributed by atoms with E-state index in [0.717, 1.165) is 12.0 Å². The average molecular weight is 334 g/mol. The number of aryl methyl sites for hydroxylation is 1. The number of benzene rings is 2. The van der Waals surface area contributed by atoms with Gasteiger partial charge in [0.05, 0.1) is 5.56 Å². The fourth-order valence-electron chi connectivity index (χ4n) is 1.80. The zero-order chi connectivity index (χ0) is 14.5. The summed E-state index contributed by atoms with van der Waals surface area (Å²) in [5, 5.41) is 0. The van der Waals surface area contributed by atoms with Gasteiger partial charge in [-0.25, -0.2) is 4.79 Å². The number of nitrogen functional groups attached to an aromatic ring is 1. The van der Waals surface area contributed by atoms with Gasteiger partial charge in [0.25, 0.3) is 0 Å². The largest absolute Gasteiger partial charge is 0.457 e. The SMILES string of the molecule is CCc1ccc(COC(=O)c2cc(N)ccc2Br)cc1. The summed E-state index contributed by atoms with van der Waals surface area (Å²) < 4.78 is 5.98. The van der Waals surface area contributed by atoms with E-state index in [4.69, 9.17) is 10.5 Å². The topological polar surface area (TPSA) is 52.3 Å². The van der Waals surface area contributed by atoms with E-state index in [1.807, 2.05) is 24.3 Å². The molecule has 0 unspecified atom stereocenters. The molecule has 3 nitrogen and oxygen atoms in total. The number of ether oxygens (including phenoxy) is 1. The van der Waals surface area contributed by atoms with Gasteiger partial charge in [-0.2, -0.15) is 0 Å². The Morgan fingerprint density at radius 3 is 2.45 bits per heavy atom. The van der Waals surface area contributed by atoms with Crippen LogP contribution in [-0.2, 0) is 17.8 Å². The van der Waals surface area contributed by atoms with Gasteiger partial charge in [-0.05, 0) is 51.7 Å². The van der Waals surface area contributed by atoms with Crippen LogP contribution >= 0.6 is 15.9 Å². The number of nitrogens with two attached hydrogens (primary N) is 1. The second kappa shape index (κ2) is 6.57. The third-order valence-electron chi connectivity index (χ3n) is 3.01. The fraction of sp³-hybridized carbons (Fsp3) is 0.188. The molecule has 0 aliphatic rings. The quantitative estimate of drug-likeness (QED) is 0.680. The Morgan fingerprint density at radius 2 is 1.80 bits per heavy atom. The molecule has 2 N–H and O–H groups in total. The minimum Gasteiger partial charge on any atom is -0.457 e. The van der Waals surface area contributed by atoms with E-state index in [-0.39, 0.29) is 12.6 Å². The lowest BCUT2D eigenvalue weighted by molar-refractivity contribution is 0.0471. The number of halogens is 1. The summed E-state index contributed by atoms with van der Waals surface area (Å²) >= 11 is 3.32. The van der Waals surface area contributed by atoms with E-state index in [1.54, 1.807) is 18.2 Å². The number of carbonyl (C=O) groups is 1. The average Bonchev–Trinajstić information content (AvgIpc) is 2.47. The van der Waals surface area contributed by atoms with Gasteiger partial charge in [0.15, 0.2) is 0 Å². The normalized spacial score (nSPS) is 10.3. The predicted octanol–water partition coefficient (Wildman–Crippen LogP) is 3.95. The zero-order valence-electron chi connectivity index (χ0n) is 11.2. The Bertz CT molecular complexity index is 608. The van der Waals surface area contributed by atoms with Crippen LogP contribution in [-0.4, -0.2) is 5.97 Å². The molecule has 0 aliphatic carbocycles. The van der Waals surface area contributed by atoms with Crippen LogP contribution < -0.4 is 5.73 Å². The molecule has 0 spiro atoms. The van der Waals surface area contributed by atoms with Crippen molar-refractivity contribution < 1.29 is 9.53 Å². The number of hydrogen-bond donors (Lipinski definition) is 1. The van der Waals surface area contributed by atoms with E-state index in [1.165, 1.54) is 5.56 Å². The molecule has 0 radical (unpaired) electrons. The molecule has 2 aromatic carbocycles. The molecule has 104 valence electrons. The highest BCUT2D eigenvalue weighted by Gasteiger charge is 2.12. The first kappa shape index (κ1) is 14.6. The Balaban J connectivity index is 2.02. The van der Waals surface area contributed by atoms with E-state index in [9.17, 15) is 4.79 Å². The standard InChI is InChI=1S/C16H16BrNO2/c1-2-11-3-5-12(6-4-11)10-20-16(19)14-9-13(18)7-8-15(14)17/h3-9H,2,10,18H2,1H3. The third-order valence-corrected chi connectivity index (χ3v) is 3.70. The lowest BCUT2D eigenvalue weighted by atomic mass is 10.1. The summed E-state index contributed by atoms with van der Waals surface area (Å²) in [6.45, 7) is 2.36. The highest BCUT2D eigenvalue weighted by molar-refractivity contribution is 9.10. The van der Waals surface area contributed by atoms with Crippen LogP contribution in [0.3, 0.4) is 0 Å². The molecule has 0 aliphatic heterocycles. The lowest BCUT2D eigenvalue weighted by Crippen LogP contribution is -2.06. The Morgan fingerprint density at radius 1 is 1.15 bits per heavy atom. The molecule has 4 heteroatoms. The Hall–Kier alpha value is -1.81. The van der Waals surface area contributed by atoms with Crippen LogP contribution in [0.5, 0.6) is 0 Å². The van der Waals surface area contributed by atoms with Gasteiger partial charge in [0.2, 0.25) is 0 Å². The van der Waals surface area contributed by atoms with Gasteiger partial charge >= 0.3 is 5.97 Å². The number of rotatable bonds is 4. The molecule has 0 heterocycles. The van der Waals surface area contributed by atoms with E-state index >= 15 is 0 Å². The molecule has 2 rings (SSSR count). The van der Waals surface area contributed by atoms with Crippen molar-refractivity contribution in [3.05, 3.63) is 63.6 Å². The minimum absolute atomic E-state index is 0.254. The molecule has 0 bridgehead atoms. The van der Waals surface area contributed by atoms with Crippen LogP contribution in [0.4, 0.5) is 5.69 Å². The summed E-state index contributed by atoms with van der Waals surface area (Å²) in [6, 6.07) is 13.1. The number of anilines is 1. The summed E-state index contributed by atoms with van der Waals surface area (Å²) in [6.07, 6.45) is 0.996. The molecule has 0 saturated heterocycles. The lowest BCUT2D eigenvalue weighted by Gasteiger charge is -2.08. The van der Waals surface area contributed by atoms with Crippen molar-refractivity contribution in [3.8, 4) is 0 Å². The highest BCUT2D eigenvalue weighted by atomic mass is 79.9. The molecule has 0 amide bonds. The van der Waals surface area contributed by atoms with Crippen LogP contribution in [0.1, 0.15) is 28.4 Å². The maximum atomic E-state index is 12.0. The first-order valence-electron chi connectivity index (χ1n) is 6.40. The third kappa shape index (κ3) is 3.61. The molecule has 0 saturated carbocycles. The van der Waals surface area contributed by atoms with Gasteiger partial charge < -0.3 is 10.5 Å². The monoisotopic (exact) mass is 333 g/mol. The molecule has 2 aromatic rings. The smallest absolute Gasteiger partial charge is 0.339 e. The van der Waals surface area contributed by atoms with Crippen LogP contribution in [0.2, 0.25) is 0 Å². The molecule has 20 heavy (non-hydrogen) atoms. The zero-order valence-corrected chi connectivity index (χ0v) is 12.8. The van der Waals surface area contributed by atoms with Crippen molar-refractivity contribution in [2.75, 3.05) is 5.73 Å². The van der Waals surface area contributed by atoms with Gasteiger partial charge in [0, 0.05) is 10.2 Å². The molecular formula is C16H16BrNO2. The van der Waals surface area contributed by atoms with Gasteiger partial charge in [0.1, 0.15) is 6.61 Å². The van der Waals surface area contributed by atoms with Crippen molar-refractivity contribution in [2.24, 2.45) is 0 Å². The first-order chi connectivity index (χ1) is 9.60. The Kier molecular flexibility index (Phi) is 4.79. The van der Waals surface area contributed by atoms with E-state index in [2.05, 4.69) is 22.9 Å². The maximum Gasteiger partial charge on any atom is 0.339 e. The van der Waals surface area contributed by atoms with Crippen molar-refractivity contribution in [1.82, 2.24) is 0 Å². The number of carbonyl (C=O) groups excluding carboxylic acids is 1. The summed E-state index contributed by atoms with van der Waals surface area (Å²) in [5.74, 6) is -0.385. The van der Waals surface area contributed by atoms with Crippen LogP contribution in [0.25, 0.3) is 0 Å². The first-order valence-corrected chi connectivity index (χ1v) is 7.19. The van der Waals surface area contributed by atoms with Crippen molar-refractivity contribution in [1.29, 1.82) is 0 Å². The summed E-state index contributed by atoms with van der Waals surface area (Å²) in [7, 11) is 0. The fourth-order valence-corrected chi connectivity index (χ4v) is 2.21. The molecule has 0 aromatic heterocycles. The van der Waals surface area contributed by atoms with Gasteiger partial charge in [-0.1, -0.05) is 31.2 Å². The van der Waals surface area contributed by atoms with Crippen LogP contribution in [0, 0.1) is 0 Å². The number of esters is 1. The van der Waals surface area contributed by atoms with Crippen molar-refractivity contribution >= 4 is 27.6 Å². The van der Waals surface area contributed by atoms with E-state index in [0.29, 0.717) is 15.7 Å². The highest BCUT2D eigenvalue weighted by Crippen LogP contribution is 2.21. The van der Waals surface area contributed by atoms with Crippen molar-refractivity contribution in [3.63, 3.8) is 0 Å². The molecule has 0 atom stereocenters. The van der Waals surface area contributed by atoms with E-state index < -0.39 is 0 Å². The molecule has 0 fully saturated rings.